The number of hydrogen-bond donors (Lipinski definition) is 1. The minimum atomic E-state index is -4.70. The molecule has 1 heterocycles. The Bertz CT molecular complexity index is 534. The molecular formula is C13H12F3NO3. The van der Waals surface area contributed by atoms with Crippen LogP contribution in [0.5, 0.6) is 5.75 Å². The second kappa shape index (κ2) is 4.29. The van der Waals surface area contributed by atoms with Crippen molar-refractivity contribution in [2.45, 2.75) is 12.3 Å². The third-order valence-corrected chi connectivity index (χ3v) is 3.94. The maximum atomic E-state index is 12.2. The van der Waals surface area contributed by atoms with Gasteiger partial charge in [-0.25, -0.2) is 4.79 Å². The lowest BCUT2D eigenvalue weighted by atomic mass is 10.1. The number of likely N-dealkylation sites (tertiary alicyclic amines) is 1. The molecule has 1 N–H and O–H groups in total. The van der Waals surface area contributed by atoms with Crippen molar-refractivity contribution in [3.05, 3.63) is 29.8 Å². The van der Waals surface area contributed by atoms with Gasteiger partial charge in [0.15, 0.2) is 0 Å². The van der Waals surface area contributed by atoms with E-state index < -0.39 is 12.5 Å². The van der Waals surface area contributed by atoms with Crippen LogP contribution in [0.4, 0.5) is 18.0 Å². The first-order chi connectivity index (χ1) is 9.35. The van der Waals surface area contributed by atoms with Crippen LogP contribution in [0, 0.1) is 11.8 Å². The average molecular weight is 287 g/mol. The van der Waals surface area contributed by atoms with Crippen molar-refractivity contribution in [2.24, 2.45) is 11.8 Å². The number of benzene rings is 1. The lowest BCUT2D eigenvalue weighted by Gasteiger charge is -2.16. The first-order valence-electron chi connectivity index (χ1n) is 6.19. The summed E-state index contributed by atoms with van der Waals surface area (Å²) in [6, 6.07) is 5.94. The largest absolute Gasteiger partial charge is 0.573 e. The van der Waals surface area contributed by atoms with Gasteiger partial charge in [-0.2, -0.15) is 0 Å². The minimum Gasteiger partial charge on any atom is -0.465 e. The number of fused-ring (bicyclic) bond motifs is 1. The number of carboxylic acid groups (broad SMARTS) is 1. The fraction of sp³-hybridized carbons (Fsp3) is 0.462. The van der Waals surface area contributed by atoms with Crippen molar-refractivity contribution < 1.29 is 27.8 Å². The molecule has 1 aliphatic heterocycles. The van der Waals surface area contributed by atoms with Gasteiger partial charge in [0.25, 0.3) is 0 Å². The molecule has 1 aromatic rings. The molecule has 2 aliphatic rings. The lowest BCUT2D eigenvalue weighted by Crippen LogP contribution is -2.29. The van der Waals surface area contributed by atoms with Gasteiger partial charge in [0.1, 0.15) is 5.75 Å². The summed E-state index contributed by atoms with van der Waals surface area (Å²) >= 11 is 0. The number of rotatable bonds is 2. The molecule has 1 aromatic carbocycles. The lowest BCUT2D eigenvalue weighted by molar-refractivity contribution is -0.274. The van der Waals surface area contributed by atoms with E-state index in [1.165, 1.54) is 23.1 Å². The maximum Gasteiger partial charge on any atom is 0.573 e. The Morgan fingerprint density at radius 1 is 1.30 bits per heavy atom. The third-order valence-electron chi connectivity index (χ3n) is 3.94. The van der Waals surface area contributed by atoms with Crippen LogP contribution in [-0.4, -0.2) is 35.6 Å². The second-order valence-electron chi connectivity index (χ2n) is 5.16. The number of halogens is 3. The van der Waals surface area contributed by atoms with Crippen molar-refractivity contribution in [3.63, 3.8) is 0 Å². The van der Waals surface area contributed by atoms with Gasteiger partial charge in [-0.1, -0.05) is 12.1 Å². The highest BCUT2D eigenvalue weighted by Gasteiger charge is 2.57. The summed E-state index contributed by atoms with van der Waals surface area (Å²) in [5.74, 6) is 0.344. The molecular weight excluding hydrogens is 275 g/mol. The monoisotopic (exact) mass is 287 g/mol. The van der Waals surface area contributed by atoms with Crippen LogP contribution in [0.1, 0.15) is 11.5 Å². The van der Waals surface area contributed by atoms with Gasteiger partial charge in [-0.15, -0.1) is 13.2 Å². The standard InChI is InChI=1S/C13H12F3NO3/c14-13(15,16)20-8-3-1-2-7(4-8)11-9-5-17(12(18)19)6-10(9)11/h1-4,9-11H,5-6H2,(H,18,19)/t9-,10+,11+. The number of alkyl halides is 3. The van der Waals surface area contributed by atoms with Crippen molar-refractivity contribution >= 4 is 6.09 Å². The van der Waals surface area contributed by atoms with Crippen LogP contribution in [-0.2, 0) is 0 Å². The fourth-order valence-electron chi connectivity index (χ4n) is 3.10. The molecule has 0 unspecified atom stereocenters. The van der Waals surface area contributed by atoms with Crippen molar-refractivity contribution in [1.82, 2.24) is 4.90 Å². The Morgan fingerprint density at radius 3 is 2.50 bits per heavy atom. The zero-order valence-corrected chi connectivity index (χ0v) is 10.3. The zero-order chi connectivity index (χ0) is 14.5. The van der Waals surface area contributed by atoms with Crippen molar-refractivity contribution in [1.29, 1.82) is 0 Å². The van der Waals surface area contributed by atoms with Crippen LogP contribution >= 0.6 is 0 Å². The second-order valence-corrected chi connectivity index (χ2v) is 5.16. The predicted molar refractivity (Wildman–Crippen MR) is 62.4 cm³/mol. The minimum absolute atomic E-state index is 0.141. The van der Waals surface area contributed by atoms with Crippen LogP contribution in [0.3, 0.4) is 0 Å². The number of carbonyl (C=O) groups is 1. The molecule has 1 aliphatic carbocycles. The molecule has 3 atom stereocenters. The van der Waals surface area contributed by atoms with Gasteiger partial charge in [-0.3, -0.25) is 0 Å². The Morgan fingerprint density at radius 2 is 1.95 bits per heavy atom. The summed E-state index contributed by atoms with van der Waals surface area (Å²) in [5, 5.41) is 8.86. The van der Waals surface area contributed by atoms with Gasteiger partial charge >= 0.3 is 12.5 Å². The number of ether oxygens (including phenoxy) is 1. The Labute approximate surface area is 112 Å². The Kier molecular flexibility index (Phi) is 2.81. The molecule has 0 aromatic heterocycles. The van der Waals surface area contributed by atoms with Crippen LogP contribution in [0.15, 0.2) is 24.3 Å². The number of piperidine rings is 1. The van der Waals surface area contributed by atoms with E-state index in [4.69, 9.17) is 5.11 Å². The first-order valence-corrected chi connectivity index (χ1v) is 6.19. The van der Waals surface area contributed by atoms with Gasteiger partial charge in [-0.05, 0) is 35.4 Å². The smallest absolute Gasteiger partial charge is 0.465 e. The third kappa shape index (κ3) is 2.39. The molecule has 1 saturated carbocycles. The van der Waals surface area contributed by atoms with Crippen LogP contribution < -0.4 is 4.74 Å². The highest BCUT2D eigenvalue weighted by Crippen LogP contribution is 2.58. The van der Waals surface area contributed by atoms with E-state index in [0.717, 1.165) is 5.56 Å². The quantitative estimate of drug-likeness (QED) is 0.910. The molecule has 0 spiro atoms. The van der Waals surface area contributed by atoms with E-state index in [-0.39, 0.29) is 23.5 Å². The summed E-state index contributed by atoms with van der Waals surface area (Å²) in [4.78, 5) is 12.2. The number of amides is 1. The van der Waals surface area contributed by atoms with Gasteiger partial charge in [0, 0.05) is 13.1 Å². The van der Waals surface area contributed by atoms with E-state index in [1.54, 1.807) is 6.07 Å². The molecule has 0 radical (unpaired) electrons. The first kappa shape index (κ1) is 13.1. The van der Waals surface area contributed by atoms with E-state index in [9.17, 15) is 18.0 Å². The molecule has 1 saturated heterocycles. The number of nitrogens with zero attached hydrogens (tertiary/aromatic N) is 1. The molecule has 20 heavy (non-hydrogen) atoms. The van der Waals surface area contributed by atoms with E-state index in [2.05, 4.69) is 4.74 Å². The fourth-order valence-corrected chi connectivity index (χ4v) is 3.10. The van der Waals surface area contributed by atoms with Gasteiger partial charge in [0.05, 0.1) is 0 Å². The van der Waals surface area contributed by atoms with Gasteiger partial charge < -0.3 is 14.7 Å². The zero-order valence-electron chi connectivity index (χ0n) is 10.3. The molecule has 7 heteroatoms. The molecule has 1 amide bonds. The van der Waals surface area contributed by atoms with E-state index in [1.807, 2.05) is 0 Å². The summed E-state index contributed by atoms with van der Waals surface area (Å²) in [6.07, 6.45) is -5.64. The van der Waals surface area contributed by atoms with Gasteiger partial charge in [0.2, 0.25) is 0 Å². The molecule has 2 fully saturated rings. The SMILES string of the molecule is O=C(O)N1C[C@@H]2[C@H](C1)[C@H]2c1cccc(OC(F)(F)F)c1. The van der Waals surface area contributed by atoms with E-state index >= 15 is 0 Å². The summed E-state index contributed by atoms with van der Waals surface area (Å²) < 4.78 is 40.4. The van der Waals surface area contributed by atoms with E-state index in [0.29, 0.717) is 13.1 Å². The number of hydrogen-bond acceptors (Lipinski definition) is 2. The van der Waals surface area contributed by atoms with Crippen molar-refractivity contribution in [3.8, 4) is 5.75 Å². The normalized spacial score (nSPS) is 28.1. The Hall–Kier alpha value is -1.92. The average Bonchev–Trinajstić information content (AvgIpc) is 2.82. The summed E-state index contributed by atoms with van der Waals surface area (Å²) in [7, 11) is 0. The summed E-state index contributed by atoms with van der Waals surface area (Å²) in [5.41, 5.74) is 0.784. The molecule has 4 nitrogen and oxygen atoms in total. The summed E-state index contributed by atoms with van der Waals surface area (Å²) in [6.45, 7) is 0.907. The van der Waals surface area contributed by atoms with Crippen LogP contribution in [0.2, 0.25) is 0 Å². The highest BCUT2D eigenvalue weighted by molar-refractivity contribution is 5.66. The van der Waals surface area contributed by atoms with Crippen molar-refractivity contribution in [2.75, 3.05) is 13.1 Å². The Balaban J connectivity index is 1.69. The highest BCUT2D eigenvalue weighted by atomic mass is 19.4. The topological polar surface area (TPSA) is 49.8 Å². The molecule has 3 rings (SSSR count). The molecule has 0 bridgehead atoms. The van der Waals surface area contributed by atoms with Crippen LogP contribution in [0.25, 0.3) is 0 Å². The maximum absolute atomic E-state index is 12.2. The molecule has 108 valence electrons. The predicted octanol–water partition coefficient (Wildman–Crippen LogP) is 2.91.